The number of hydrogen-bond donors (Lipinski definition) is 1. The fourth-order valence-electron chi connectivity index (χ4n) is 4.20. The SMILES string of the molecule is C[C@H]1CCN1c1nc(-c2ccc3c(c2)CCS3(=N)=O)c2c(n1)C(F)(F)CC2. The average molecular weight is 390 g/mol. The van der Waals surface area contributed by atoms with Crippen molar-refractivity contribution in [2.75, 3.05) is 17.2 Å². The second kappa shape index (κ2) is 5.47. The number of hydrogen-bond acceptors (Lipinski definition) is 5. The highest BCUT2D eigenvalue weighted by Crippen LogP contribution is 2.45. The van der Waals surface area contributed by atoms with Gasteiger partial charge < -0.3 is 4.90 Å². The zero-order valence-corrected chi connectivity index (χ0v) is 15.8. The van der Waals surface area contributed by atoms with Crippen molar-refractivity contribution in [2.24, 2.45) is 0 Å². The molecule has 27 heavy (non-hydrogen) atoms. The van der Waals surface area contributed by atoms with Gasteiger partial charge in [0.1, 0.15) is 5.69 Å². The first kappa shape index (κ1) is 17.0. The Morgan fingerprint density at radius 1 is 1.30 bits per heavy atom. The molecule has 2 atom stereocenters. The van der Waals surface area contributed by atoms with Crippen molar-refractivity contribution >= 4 is 15.7 Å². The molecule has 0 radical (unpaired) electrons. The van der Waals surface area contributed by atoms with E-state index in [2.05, 4.69) is 9.97 Å². The van der Waals surface area contributed by atoms with Crippen molar-refractivity contribution in [3.05, 3.63) is 35.0 Å². The Kier molecular flexibility index (Phi) is 3.45. The molecule has 0 amide bonds. The van der Waals surface area contributed by atoms with Gasteiger partial charge >= 0.3 is 0 Å². The molecule has 5 nitrogen and oxygen atoms in total. The van der Waals surface area contributed by atoms with Gasteiger partial charge in [0.15, 0.2) is 0 Å². The van der Waals surface area contributed by atoms with Gasteiger partial charge in [-0.1, -0.05) is 6.07 Å². The molecule has 1 N–H and O–H groups in total. The number of nitrogens with one attached hydrogen (secondary N) is 1. The molecule has 2 aromatic rings. The van der Waals surface area contributed by atoms with Gasteiger partial charge in [0.25, 0.3) is 5.92 Å². The van der Waals surface area contributed by atoms with Gasteiger partial charge in [-0.05, 0) is 43.9 Å². The van der Waals surface area contributed by atoms with Crippen LogP contribution in [0.5, 0.6) is 0 Å². The standard InChI is InChI=1S/C19H20F2N4OS/c1-11-5-8-25(11)18-23-16(14-4-7-19(20,21)17(14)24-18)13-2-3-15-12(10-13)6-9-27(15,22)26/h2-3,10-11,22H,4-9H2,1H3/t11-,27?/m0/s1. The second-order valence-corrected chi connectivity index (χ2v) is 9.89. The lowest BCUT2D eigenvalue weighted by Gasteiger charge is -2.39. The summed E-state index contributed by atoms with van der Waals surface area (Å²) in [6.07, 6.45) is 1.59. The van der Waals surface area contributed by atoms with Crippen molar-refractivity contribution < 1.29 is 13.0 Å². The number of rotatable bonds is 2. The first-order valence-corrected chi connectivity index (χ1v) is 10.9. The van der Waals surface area contributed by atoms with Crippen molar-refractivity contribution in [1.82, 2.24) is 9.97 Å². The minimum atomic E-state index is -2.93. The van der Waals surface area contributed by atoms with E-state index >= 15 is 0 Å². The van der Waals surface area contributed by atoms with E-state index in [0.717, 1.165) is 24.1 Å². The number of aromatic nitrogens is 2. The summed E-state index contributed by atoms with van der Waals surface area (Å²) in [5, 5.41) is 0. The molecule has 1 aromatic carbocycles. The molecule has 0 bridgehead atoms. The zero-order chi connectivity index (χ0) is 19.0. The second-order valence-electron chi connectivity index (χ2n) is 7.69. The van der Waals surface area contributed by atoms with Crippen molar-refractivity contribution in [3.63, 3.8) is 0 Å². The lowest BCUT2D eigenvalue weighted by Crippen LogP contribution is -2.47. The Bertz CT molecular complexity index is 1070. The number of nitrogens with zero attached hydrogens (tertiary/aromatic N) is 3. The molecule has 0 spiro atoms. The molecule has 1 fully saturated rings. The molecule has 1 saturated heterocycles. The predicted octanol–water partition coefficient (Wildman–Crippen LogP) is 3.74. The van der Waals surface area contributed by atoms with Gasteiger partial charge in [0.2, 0.25) is 5.95 Å². The predicted molar refractivity (Wildman–Crippen MR) is 98.8 cm³/mol. The Hall–Kier alpha value is -2.09. The van der Waals surface area contributed by atoms with Crippen LogP contribution in [0.3, 0.4) is 0 Å². The van der Waals surface area contributed by atoms with Crippen molar-refractivity contribution in [1.29, 1.82) is 4.78 Å². The first-order valence-electron chi connectivity index (χ1n) is 9.22. The van der Waals surface area contributed by atoms with Crippen LogP contribution in [0.25, 0.3) is 11.3 Å². The Morgan fingerprint density at radius 2 is 2.11 bits per heavy atom. The van der Waals surface area contributed by atoms with Gasteiger partial charge in [-0.15, -0.1) is 0 Å². The summed E-state index contributed by atoms with van der Waals surface area (Å²) in [6, 6.07) is 5.60. The van der Waals surface area contributed by atoms with Crippen LogP contribution in [0.4, 0.5) is 14.7 Å². The van der Waals surface area contributed by atoms with Gasteiger partial charge in [0, 0.05) is 35.9 Å². The van der Waals surface area contributed by atoms with Gasteiger partial charge in [-0.2, -0.15) is 8.78 Å². The quantitative estimate of drug-likeness (QED) is 0.848. The van der Waals surface area contributed by atoms with Crippen molar-refractivity contribution in [3.8, 4) is 11.3 Å². The lowest BCUT2D eigenvalue weighted by atomic mass is 10.0. The molecular formula is C19H20F2N4OS. The zero-order valence-electron chi connectivity index (χ0n) is 15.0. The summed E-state index contributed by atoms with van der Waals surface area (Å²) in [6.45, 7) is 2.81. The Balaban J connectivity index is 1.68. The largest absolute Gasteiger partial charge is 0.338 e. The van der Waals surface area contributed by atoms with Crippen LogP contribution in [0.15, 0.2) is 23.1 Å². The highest BCUT2D eigenvalue weighted by Gasteiger charge is 2.44. The third-order valence-electron chi connectivity index (χ3n) is 5.96. The smallest absolute Gasteiger partial charge is 0.290 e. The summed E-state index contributed by atoms with van der Waals surface area (Å²) in [5.74, 6) is -2.24. The third kappa shape index (κ3) is 2.49. The van der Waals surface area contributed by atoms with Crippen LogP contribution >= 0.6 is 0 Å². The number of aryl methyl sites for hydroxylation is 1. The number of anilines is 1. The first-order chi connectivity index (χ1) is 12.8. The molecule has 3 heterocycles. The maximum atomic E-state index is 14.4. The number of benzene rings is 1. The molecule has 1 aliphatic carbocycles. The molecule has 5 rings (SSSR count). The topological polar surface area (TPSA) is 69.9 Å². The fourth-order valence-corrected chi connectivity index (χ4v) is 5.80. The van der Waals surface area contributed by atoms with Gasteiger partial charge in [0.05, 0.1) is 20.3 Å². The minimum absolute atomic E-state index is 0.147. The molecule has 0 saturated carbocycles. The monoisotopic (exact) mass is 390 g/mol. The summed E-state index contributed by atoms with van der Waals surface area (Å²) < 4.78 is 49.1. The average Bonchev–Trinajstić information content (AvgIpc) is 3.09. The summed E-state index contributed by atoms with van der Waals surface area (Å²) in [7, 11) is -2.72. The van der Waals surface area contributed by atoms with Crippen LogP contribution < -0.4 is 4.90 Å². The summed E-state index contributed by atoms with van der Waals surface area (Å²) in [5.41, 5.74) is 2.53. The molecule has 1 unspecified atom stereocenters. The number of halogens is 2. The molecule has 3 aliphatic rings. The van der Waals surface area contributed by atoms with Crippen LogP contribution in [-0.4, -0.2) is 32.5 Å². The highest BCUT2D eigenvalue weighted by molar-refractivity contribution is 7.92. The fraction of sp³-hybridized carbons (Fsp3) is 0.474. The van der Waals surface area contributed by atoms with E-state index in [9.17, 15) is 13.0 Å². The normalized spacial score (nSPS) is 28.0. The maximum Gasteiger partial charge on any atom is 0.290 e. The van der Waals surface area contributed by atoms with E-state index in [1.165, 1.54) is 0 Å². The van der Waals surface area contributed by atoms with Gasteiger partial charge in [-0.3, -0.25) is 0 Å². The molecule has 2 aliphatic heterocycles. The van der Waals surface area contributed by atoms with Crippen LogP contribution in [-0.2, 0) is 28.5 Å². The molecule has 1 aromatic heterocycles. The Morgan fingerprint density at radius 3 is 2.81 bits per heavy atom. The van der Waals surface area contributed by atoms with E-state index in [1.807, 2.05) is 17.9 Å². The minimum Gasteiger partial charge on any atom is -0.338 e. The van der Waals surface area contributed by atoms with E-state index in [-0.39, 0.29) is 24.6 Å². The highest BCUT2D eigenvalue weighted by atomic mass is 32.2. The van der Waals surface area contributed by atoms with Crippen LogP contribution in [0, 0.1) is 4.78 Å². The van der Waals surface area contributed by atoms with Gasteiger partial charge in [-0.25, -0.2) is 19.0 Å². The molecular weight excluding hydrogens is 370 g/mol. The van der Waals surface area contributed by atoms with E-state index in [0.29, 0.717) is 34.3 Å². The summed E-state index contributed by atoms with van der Waals surface area (Å²) in [4.78, 5) is 11.5. The lowest BCUT2D eigenvalue weighted by molar-refractivity contribution is -0.00595. The molecule has 8 heteroatoms. The van der Waals surface area contributed by atoms with Crippen LogP contribution in [0.2, 0.25) is 0 Å². The van der Waals surface area contributed by atoms with E-state index in [1.54, 1.807) is 12.1 Å². The third-order valence-corrected chi connectivity index (χ3v) is 7.84. The molecule has 142 valence electrons. The summed E-state index contributed by atoms with van der Waals surface area (Å²) >= 11 is 0. The maximum absolute atomic E-state index is 14.4. The van der Waals surface area contributed by atoms with E-state index < -0.39 is 15.7 Å². The Labute approximate surface area is 156 Å². The number of alkyl halides is 2. The van der Waals surface area contributed by atoms with Crippen molar-refractivity contribution in [2.45, 2.75) is 49.5 Å². The number of fused-ring (bicyclic) bond motifs is 2. The van der Waals surface area contributed by atoms with Crippen LogP contribution in [0.1, 0.15) is 36.6 Å². The van der Waals surface area contributed by atoms with E-state index in [4.69, 9.17) is 4.78 Å².